The number of nitrogens with zero attached hydrogens (tertiary/aromatic N) is 2. The number of non-ortho nitro benzene ring substituents is 1. The van der Waals surface area contributed by atoms with Crippen molar-refractivity contribution in [3.05, 3.63) is 158 Å². The highest BCUT2D eigenvalue weighted by Crippen LogP contribution is 2.55. The third kappa shape index (κ3) is 7.06. The third-order valence-electron chi connectivity index (χ3n) is 8.34. The molecule has 0 bridgehead atoms. The molecule has 0 N–H and O–H groups in total. The van der Waals surface area contributed by atoms with Gasteiger partial charge in [0.15, 0.2) is 18.4 Å². The molecule has 0 radical (unpaired) electrons. The standard InChI is InChI=1S/C38H26Cl2N2O9S/c39-26-17-19-29-32(31(26)40)41(27-18-16-25(42(46)47)20-30(27)52-29)35-34(51-38(45)24-14-8-3-9-15-24)33(50-37(44)23-12-6-2-7-13-23)28(49-35)21-48-36(43)22-10-4-1-5-11-22/h1-20,28,33-35H,21H2/t28-,33-,34-,35-/m1/s1. The van der Waals surface area contributed by atoms with Gasteiger partial charge in [0.1, 0.15) is 12.7 Å². The number of benzene rings is 5. The van der Waals surface area contributed by atoms with Gasteiger partial charge in [-0.3, -0.25) is 10.1 Å². The first-order valence-corrected chi connectivity index (χ1v) is 17.4. The number of nitro groups is 1. The second-order valence-corrected chi connectivity index (χ2v) is 13.5. The minimum Gasteiger partial charge on any atom is -0.459 e. The van der Waals surface area contributed by atoms with Crippen molar-refractivity contribution in [1.29, 1.82) is 0 Å². The molecule has 5 aromatic carbocycles. The molecule has 2 aliphatic rings. The molecule has 7 rings (SSSR count). The maximum atomic E-state index is 13.8. The molecule has 0 amide bonds. The Morgan fingerprint density at radius 3 is 1.87 bits per heavy atom. The molecule has 0 aromatic heterocycles. The second-order valence-electron chi connectivity index (χ2n) is 11.6. The molecule has 1 fully saturated rings. The SMILES string of the molecule is O=C(OC[C@H]1O[C@@H](N2c3ccc([N+](=O)[O-])cc3Sc3ccc(Cl)c(Cl)c32)[C@H](OC(=O)c2ccccc2)[C@@H]1OC(=O)c1ccccc1)c1ccccc1. The average molecular weight is 758 g/mol. The Morgan fingerprint density at radius 1 is 0.731 bits per heavy atom. The smallest absolute Gasteiger partial charge is 0.338 e. The van der Waals surface area contributed by atoms with E-state index in [1.807, 2.05) is 0 Å². The fourth-order valence-corrected chi connectivity index (χ4v) is 7.48. The molecule has 262 valence electrons. The number of fused-ring (bicyclic) bond motifs is 2. The van der Waals surface area contributed by atoms with Crippen molar-refractivity contribution in [3.8, 4) is 0 Å². The van der Waals surface area contributed by atoms with Gasteiger partial charge < -0.3 is 23.8 Å². The van der Waals surface area contributed by atoms with E-state index in [-0.39, 0.29) is 32.4 Å². The lowest BCUT2D eigenvalue weighted by molar-refractivity contribution is -0.385. The fraction of sp³-hybridized carbons (Fsp3) is 0.132. The summed E-state index contributed by atoms with van der Waals surface area (Å²) in [4.78, 5) is 54.4. The molecule has 14 heteroatoms. The van der Waals surface area contributed by atoms with Crippen LogP contribution in [0.5, 0.6) is 0 Å². The summed E-state index contributed by atoms with van der Waals surface area (Å²) in [6.07, 6.45) is -5.20. The van der Waals surface area contributed by atoms with Crippen molar-refractivity contribution in [2.45, 2.75) is 34.3 Å². The Kier molecular flexibility index (Phi) is 10.1. The number of anilines is 2. The van der Waals surface area contributed by atoms with Crippen molar-refractivity contribution in [1.82, 2.24) is 0 Å². The Morgan fingerprint density at radius 2 is 1.29 bits per heavy atom. The Hall–Kier alpha value is -5.40. The van der Waals surface area contributed by atoms with Crippen LogP contribution in [0.4, 0.5) is 17.1 Å². The summed E-state index contributed by atoms with van der Waals surface area (Å²) in [5, 5.41) is 12.1. The van der Waals surface area contributed by atoms with E-state index in [4.69, 9.17) is 42.1 Å². The van der Waals surface area contributed by atoms with Crippen molar-refractivity contribution in [2.75, 3.05) is 11.5 Å². The van der Waals surface area contributed by atoms with E-state index >= 15 is 0 Å². The molecule has 4 atom stereocenters. The maximum Gasteiger partial charge on any atom is 0.338 e. The van der Waals surface area contributed by atoms with Gasteiger partial charge in [-0.25, -0.2) is 14.4 Å². The average Bonchev–Trinajstić information content (AvgIpc) is 3.50. The van der Waals surface area contributed by atoms with Crippen molar-refractivity contribution in [3.63, 3.8) is 0 Å². The normalized spacial score (nSPS) is 18.8. The largest absolute Gasteiger partial charge is 0.459 e. The van der Waals surface area contributed by atoms with Crippen LogP contribution >= 0.6 is 35.0 Å². The number of ether oxygens (including phenoxy) is 4. The highest BCUT2D eigenvalue weighted by molar-refractivity contribution is 7.99. The van der Waals surface area contributed by atoms with Gasteiger partial charge in [-0.2, -0.15) is 0 Å². The van der Waals surface area contributed by atoms with Crippen LogP contribution in [0.3, 0.4) is 0 Å². The lowest BCUT2D eigenvalue weighted by Gasteiger charge is -2.39. The lowest BCUT2D eigenvalue weighted by atomic mass is 10.1. The first-order chi connectivity index (χ1) is 25.2. The molecule has 0 spiro atoms. The van der Waals surface area contributed by atoms with Gasteiger partial charge in [0.05, 0.1) is 43.0 Å². The fourth-order valence-electron chi connectivity index (χ4n) is 5.89. The zero-order chi connectivity index (χ0) is 36.4. The quantitative estimate of drug-likeness (QED) is 0.0620. The molecule has 2 aliphatic heterocycles. The Balaban J connectivity index is 1.35. The predicted octanol–water partition coefficient (Wildman–Crippen LogP) is 8.54. The van der Waals surface area contributed by atoms with Crippen LogP contribution in [0.25, 0.3) is 0 Å². The van der Waals surface area contributed by atoms with Gasteiger partial charge in [-0.1, -0.05) is 89.6 Å². The van der Waals surface area contributed by atoms with E-state index in [1.54, 1.807) is 108 Å². The molecule has 2 heterocycles. The number of hydrogen-bond acceptors (Lipinski definition) is 11. The van der Waals surface area contributed by atoms with Crippen LogP contribution in [-0.4, -0.2) is 54.0 Å². The highest BCUT2D eigenvalue weighted by Gasteiger charge is 2.54. The first kappa shape index (κ1) is 35.0. The molecule has 0 saturated carbocycles. The van der Waals surface area contributed by atoms with E-state index in [9.17, 15) is 24.5 Å². The zero-order valence-corrected chi connectivity index (χ0v) is 29.1. The summed E-state index contributed by atoms with van der Waals surface area (Å²) in [5.41, 5.74) is 1.32. The summed E-state index contributed by atoms with van der Waals surface area (Å²) < 4.78 is 24.6. The number of carbonyl (C=O) groups is 3. The van der Waals surface area contributed by atoms with Crippen LogP contribution in [0.1, 0.15) is 31.1 Å². The second kappa shape index (κ2) is 15.1. The molecular weight excluding hydrogens is 731 g/mol. The van der Waals surface area contributed by atoms with Gasteiger partial charge in [0, 0.05) is 21.9 Å². The van der Waals surface area contributed by atoms with E-state index in [0.717, 1.165) is 0 Å². The maximum absolute atomic E-state index is 13.8. The molecular formula is C38H26Cl2N2O9S. The summed E-state index contributed by atoms with van der Waals surface area (Å²) in [7, 11) is 0. The minimum atomic E-state index is -1.38. The molecule has 1 saturated heterocycles. The van der Waals surface area contributed by atoms with E-state index in [1.165, 1.54) is 30.0 Å². The van der Waals surface area contributed by atoms with Crippen LogP contribution in [0.2, 0.25) is 10.0 Å². The van der Waals surface area contributed by atoms with E-state index in [2.05, 4.69) is 0 Å². The van der Waals surface area contributed by atoms with Crippen molar-refractivity contribution >= 4 is 69.9 Å². The Labute approximate surface area is 311 Å². The van der Waals surface area contributed by atoms with Crippen molar-refractivity contribution < 1.29 is 38.3 Å². The topological polar surface area (TPSA) is 135 Å². The predicted molar refractivity (Wildman–Crippen MR) is 192 cm³/mol. The molecule has 5 aromatic rings. The third-order valence-corrected chi connectivity index (χ3v) is 10.2. The molecule has 11 nitrogen and oxygen atoms in total. The summed E-state index contributed by atoms with van der Waals surface area (Å²) in [6.45, 7) is -0.414. The summed E-state index contributed by atoms with van der Waals surface area (Å²) in [5.74, 6) is -2.16. The van der Waals surface area contributed by atoms with Gasteiger partial charge in [0.25, 0.3) is 5.69 Å². The minimum absolute atomic E-state index is 0.129. The zero-order valence-electron chi connectivity index (χ0n) is 26.8. The van der Waals surface area contributed by atoms with Crippen LogP contribution < -0.4 is 4.90 Å². The number of esters is 3. The van der Waals surface area contributed by atoms with Crippen LogP contribution in [0, 0.1) is 10.1 Å². The van der Waals surface area contributed by atoms with Gasteiger partial charge in [0.2, 0.25) is 0 Å². The van der Waals surface area contributed by atoms with E-state index < -0.39 is 54.0 Å². The number of rotatable bonds is 9. The number of nitro benzene ring substituents is 1. The molecule has 0 unspecified atom stereocenters. The van der Waals surface area contributed by atoms with Gasteiger partial charge in [-0.15, -0.1) is 0 Å². The van der Waals surface area contributed by atoms with Crippen LogP contribution in [-0.2, 0) is 18.9 Å². The lowest BCUT2D eigenvalue weighted by Crippen LogP contribution is -2.47. The van der Waals surface area contributed by atoms with Gasteiger partial charge >= 0.3 is 17.9 Å². The van der Waals surface area contributed by atoms with Gasteiger partial charge in [-0.05, 0) is 54.6 Å². The van der Waals surface area contributed by atoms with Crippen molar-refractivity contribution in [2.24, 2.45) is 0 Å². The van der Waals surface area contributed by atoms with Crippen LogP contribution in [0.15, 0.2) is 131 Å². The number of carbonyl (C=O) groups excluding carboxylic acids is 3. The molecule has 52 heavy (non-hydrogen) atoms. The highest BCUT2D eigenvalue weighted by atomic mass is 35.5. The summed E-state index contributed by atoms with van der Waals surface area (Å²) >= 11 is 14.6. The monoisotopic (exact) mass is 756 g/mol. The molecule has 0 aliphatic carbocycles. The van der Waals surface area contributed by atoms with E-state index in [0.29, 0.717) is 21.2 Å². The number of halogens is 2. The first-order valence-electron chi connectivity index (χ1n) is 15.8. The number of hydrogen-bond donors (Lipinski definition) is 0. The Bertz CT molecular complexity index is 2160. The summed E-state index contributed by atoms with van der Waals surface area (Å²) in [6, 6.07) is 32.2.